The molecule has 1 atom stereocenters. The van der Waals surface area contributed by atoms with E-state index in [1.54, 1.807) is 6.20 Å². The third kappa shape index (κ3) is 4.63. The molecule has 0 aliphatic carbocycles. The van der Waals surface area contributed by atoms with Gasteiger partial charge in [-0.3, -0.25) is 9.69 Å². The first-order valence-electron chi connectivity index (χ1n) is 9.38. The van der Waals surface area contributed by atoms with Gasteiger partial charge >= 0.3 is 0 Å². The van der Waals surface area contributed by atoms with Gasteiger partial charge in [0.2, 0.25) is 5.91 Å². The van der Waals surface area contributed by atoms with Crippen molar-refractivity contribution in [2.45, 2.75) is 26.4 Å². The molecular formula is C22H26N4O. The third-order valence-electron chi connectivity index (χ3n) is 4.66. The summed E-state index contributed by atoms with van der Waals surface area (Å²) in [5.41, 5.74) is 2.98. The van der Waals surface area contributed by atoms with Crippen LogP contribution in [0.5, 0.6) is 0 Å². The molecule has 5 heteroatoms. The molecule has 3 aromatic rings. The van der Waals surface area contributed by atoms with Crippen molar-refractivity contribution in [3.8, 4) is 5.69 Å². The summed E-state index contributed by atoms with van der Waals surface area (Å²) in [5.74, 6) is 0.0114. The Kier molecular flexibility index (Phi) is 6.39. The number of aromatic nitrogens is 2. The van der Waals surface area contributed by atoms with Crippen molar-refractivity contribution < 1.29 is 4.79 Å². The molecule has 0 spiro atoms. The number of likely N-dealkylation sites (N-methyl/N-ethyl adjacent to an activating group) is 1. The minimum absolute atomic E-state index is 0.0114. The smallest absolute Gasteiger partial charge is 0.242 e. The minimum atomic E-state index is -0.287. The van der Waals surface area contributed by atoms with Gasteiger partial charge in [0.25, 0.3) is 0 Å². The second kappa shape index (κ2) is 9.14. The zero-order valence-corrected chi connectivity index (χ0v) is 15.9. The van der Waals surface area contributed by atoms with Crippen molar-refractivity contribution in [1.29, 1.82) is 0 Å². The van der Waals surface area contributed by atoms with Gasteiger partial charge < -0.3 is 5.32 Å². The SMILES string of the molecule is CCN(CC)C(C(=O)NCc1cnn(-c2ccccc2)c1)c1ccccc1. The van der Waals surface area contributed by atoms with E-state index in [2.05, 4.69) is 29.2 Å². The summed E-state index contributed by atoms with van der Waals surface area (Å²) in [4.78, 5) is 15.1. The fourth-order valence-electron chi connectivity index (χ4n) is 3.21. The van der Waals surface area contributed by atoms with E-state index in [0.29, 0.717) is 6.54 Å². The Morgan fingerprint density at radius 3 is 2.30 bits per heavy atom. The van der Waals surface area contributed by atoms with Crippen LogP contribution in [0, 0.1) is 0 Å². The lowest BCUT2D eigenvalue weighted by Crippen LogP contribution is -2.40. The molecule has 1 amide bonds. The molecule has 1 heterocycles. The van der Waals surface area contributed by atoms with Crippen molar-refractivity contribution in [2.75, 3.05) is 13.1 Å². The molecule has 0 saturated carbocycles. The molecule has 0 fully saturated rings. The van der Waals surface area contributed by atoms with Crippen LogP contribution in [0.3, 0.4) is 0 Å². The van der Waals surface area contributed by atoms with Crippen molar-refractivity contribution in [3.05, 3.63) is 84.2 Å². The van der Waals surface area contributed by atoms with Crippen molar-refractivity contribution in [2.24, 2.45) is 0 Å². The first kappa shape index (κ1) is 18.9. The van der Waals surface area contributed by atoms with Gasteiger partial charge in [0.15, 0.2) is 0 Å². The zero-order chi connectivity index (χ0) is 19.1. The molecule has 2 aromatic carbocycles. The number of hydrogen-bond donors (Lipinski definition) is 1. The Morgan fingerprint density at radius 2 is 1.67 bits per heavy atom. The van der Waals surface area contributed by atoms with Crippen LogP contribution in [0.15, 0.2) is 73.1 Å². The standard InChI is InChI=1S/C22H26N4O/c1-3-25(4-2)21(19-11-7-5-8-12-19)22(27)23-15-18-16-24-26(17-18)20-13-9-6-10-14-20/h5-14,16-17,21H,3-4,15H2,1-2H3,(H,23,27). The Bertz CT molecular complexity index is 841. The van der Waals surface area contributed by atoms with Gasteiger partial charge in [0, 0.05) is 18.3 Å². The van der Waals surface area contributed by atoms with Crippen LogP contribution >= 0.6 is 0 Å². The van der Waals surface area contributed by atoms with E-state index in [1.807, 2.05) is 71.5 Å². The molecule has 140 valence electrons. The normalized spacial score (nSPS) is 12.1. The number of nitrogens with zero attached hydrogens (tertiary/aromatic N) is 3. The second-order valence-electron chi connectivity index (χ2n) is 6.38. The van der Waals surface area contributed by atoms with E-state index in [1.165, 1.54) is 0 Å². The van der Waals surface area contributed by atoms with Crippen molar-refractivity contribution in [1.82, 2.24) is 20.0 Å². The summed E-state index contributed by atoms with van der Waals surface area (Å²) >= 11 is 0. The maximum absolute atomic E-state index is 13.0. The van der Waals surface area contributed by atoms with Crippen LogP contribution in [0.1, 0.15) is 31.0 Å². The fraction of sp³-hybridized carbons (Fsp3) is 0.273. The van der Waals surface area contributed by atoms with Crippen LogP contribution in [0.4, 0.5) is 0 Å². The number of para-hydroxylation sites is 1. The van der Waals surface area contributed by atoms with Crippen LogP contribution in [-0.2, 0) is 11.3 Å². The number of rotatable bonds is 8. The molecule has 3 rings (SSSR count). The largest absolute Gasteiger partial charge is 0.350 e. The molecule has 0 aliphatic rings. The highest BCUT2D eigenvalue weighted by atomic mass is 16.2. The summed E-state index contributed by atoms with van der Waals surface area (Å²) in [5, 5.41) is 7.47. The number of benzene rings is 2. The summed E-state index contributed by atoms with van der Waals surface area (Å²) in [6.07, 6.45) is 3.74. The number of amides is 1. The van der Waals surface area contributed by atoms with E-state index in [-0.39, 0.29) is 11.9 Å². The van der Waals surface area contributed by atoms with Gasteiger partial charge in [-0.05, 0) is 30.8 Å². The first-order valence-corrected chi connectivity index (χ1v) is 9.38. The zero-order valence-electron chi connectivity index (χ0n) is 15.9. The number of carbonyl (C=O) groups is 1. The molecule has 1 N–H and O–H groups in total. The van der Waals surface area contributed by atoms with Gasteiger partial charge in [0.1, 0.15) is 6.04 Å². The monoisotopic (exact) mass is 362 g/mol. The highest BCUT2D eigenvalue weighted by Gasteiger charge is 2.25. The summed E-state index contributed by atoms with van der Waals surface area (Å²) in [6, 6.07) is 19.6. The molecule has 1 aromatic heterocycles. The van der Waals surface area contributed by atoms with Crippen molar-refractivity contribution in [3.63, 3.8) is 0 Å². The maximum atomic E-state index is 13.0. The highest BCUT2D eigenvalue weighted by molar-refractivity contribution is 5.83. The molecule has 0 bridgehead atoms. The lowest BCUT2D eigenvalue weighted by Gasteiger charge is -2.29. The van der Waals surface area contributed by atoms with Gasteiger partial charge in [0.05, 0.1) is 11.9 Å². The minimum Gasteiger partial charge on any atom is -0.350 e. The summed E-state index contributed by atoms with van der Waals surface area (Å²) < 4.78 is 1.82. The molecule has 1 unspecified atom stereocenters. The fourth-order valence-corrected chi connectivity index (χ4v) is 3.21. The first-order chi connectivity index (χ1) is 13.2. The Balaban J connectivity index is 1.70. The van der Waals surface area contributed by atoms with E-state index >= 15 is 0 Å². The predicted octanol–water partition coefficient (Wildman–Crippen LogP) is 3.57. The summed E-state index contributed by atoms with van der Waals surface area (Å²) in [7, 11) is 0. The lowest BCUT2D eigenvalue weighted by molar-refractivity contribution is -0.126. The van der Waals surface area contributed by atoms with Crippen LogP contribution < -0.4 is 5.32 Å². The average molecular weight is 362 g/mol. The third-order valence-corrected chi connectivity index (χ3v) is 4.66. The van der Waals surface area contributed by atoms with Gasteiger partial charge in [-0.15, -0.1) is 0 Å². The van der Waals surface area contributed by atoms with E-state index in [4.69, 9.17) is 0 Å². The average Bonchev–Trinajstić information content (AvgIpc) is 3.20. The van der Waals surface area contributed by atoms with Crippen LogP contribution in [0.25, 0.3) is 5.69 Å². The maximum Gasteiger partial charge on any atom is 0.242 e. The molecule has 0 aliphatic heterocycles. The lowest BCUT2D eigenvalue weighted by atomic mass is 10.0. The van der Waals surface area contributed by atoms with Crippen LogP contribution in [0.2, 0.25) is 0 Å². The molecule has 0 radical (unpaired) electrons. The highest BCUT2D eigenvalue weighted by Crippen LogP contribution is 2.20. The van der Waals surface area contributed by atoms with Crippen LogP contribution in [-0.4, -0.2) is 33.7 Å². The quantitative estimate of drug-likeness (QED) is 0.666. The number of carbonyl (C=O) groups excluding carboxylic acids is 1. The van der Waals surface area contributed by atoms with Gasteiger partial charge in [-0.2, -0.15) is 5.10 Å². The molecule has 0 saturated heterocycles. The van der Waals surface area contributed by atoms with Gasteiger partial charge in [-0.1, -0.05) is 62.4 Å². The topological polar surface area (TPSA) is 50.2 Å². The Labute approximate surface area is 160 Å². The predicted molar refractivity (Wildman–Crippen MR) is 108 cm³/mol. The molecular weight excluding hydrogens is 336 g/mol. The number of hydrogen-bond acceptors (Lipinski definition) is 3. The Hall–Kier alpha value is -2.92. The summed E-state index contributed by atoms with van der Waals surface area (Å²) in [6.45, 7) is 6.24. The van der Waals surface area contributed by atoms with E-state index in [9.17, 15) is 4.79 Å². The Morgan fingerprint density at radius 1 is 1.04 bits per heavy atom. The van der Waals surface area contributed by atoms with Crippen molar-refractivity contribution >= 4 is 5.91 Å². The van der Waals surface area contributed by atoms with E-state index < -0.39 is 0 Å². The van der Waals surface area contributed by atoms with Gasteiger partial charge in [-0.25, -0.2) is 4.68 Å². The van der Waals surface area contributed by atoms with E-state index in [0.717, 1.165) is 29.9 Å². The molecule has 27 heavy (non-hydrogen) atoms. The molecule has 5 nitrogen and oxygen atoms in total. The second-order valence-corrected chi connectivity index (χ2v) is 6.38. The number of nitrogens with one attached hydrogen (secondary N) is 1.